The van der Waals surface area contributed by atoms with Gasteiger partial charge in [-0.15, -0.1) is 0 Å². The van der Waals surface area contributed by atoms with E-state index in [0.717, 1.165) is 0 Å². The Labute approximate surface area is 112 Å². The SMILES string of the molecule is CO[Si](CS)(OC)OC.[H-].[K+]. The largest absolute Gasteiger partial charge is 1.00 e. The Balaban J connectivity index is -0.000000320. The summed E-state index contributed by atoms with van der Waals surface area (Å²) in [7, 11) is 2.37. The van der Waals surface area contributed by atoms with Crippen LogP contribution in [0.4, 0.5) is 0 Å². The topological polar surface area (TPSA) is 27.7 Å². The molecule has 0 amide bonds. The van der Waals surface area contributed by atoms with E-state index in [1.54, 1.807) is 21.3 Å². The van der Waals surface area contributed by atoms with E-state index >= 15 is 0 Å². The maximum Gasteiger partial charge on any atom is 1.00 e. The molecule has 0 unspecified atom stereocenters. The van der Waals surface area contributed by atoms with Gasteiger partial charge in [0.25, 0.3) is 0 Å². The Hall–Kier alpha value is 2.08. The van der Waals surface area contributed by atoms with E-state index in [1.807, 2.05) is 0 Å². The van der Waals surface area contributed by atoms with Crippen molar-refractivity contribution in [3.05, 3.63) is 0 Å². The van der Waals surface area contributed by atoms with E-state index < -0.39 is 8.80 Å². The maximum absolute atomic E-state index is 5.00. The smallest absolute Gasteiger partial charge is 1.00 e. The van der Waals surface area contributed by atoms with Gasteiger partial charge in [-0.3, -0.25) is 0 Å². The third-order valence-electron chi connectivity index (χ3n) is 1.13. The minimum Gasteiger partial charge on any atom is -1.00 e. The summed E-state index contributed by atoms with van der Waals surface area (Å²) in [5, 5.41) is 0.510. The maximum atomic E-state index is 5.00. The van der Waals surface area contributed by atoms with Crippen LogP contribution >= 0.6 is 12.6 Å². The summed E-state index contributed by atoms with van der Waals surface area (Å²) < 4.78 is 15.0. The number of hydrogen-bond acceptors (Lipinski definition) is 4. The molecule has 0 fully saturated rings. The molecule has 0 bridgehead atoms. The summed E-state index contributed by atoms with van der Waals surface area (Å²) in [6.07, 6.45) is 0. The second-order valence-corrected chi connectivity index (χ2v) is 5.31. The van der Waals surface area contributed by atoms with Gasteiger partial charge in [0.2, 0.25) is 0 Å². The van der Waals surface area contributed by atoms with E-state index in [-0.39, 0.29) is 52.8 Å². The first-order valence-corrected chi connectivity index (χ1v) is 5.07. The van der Waals surface area contributed by atoms with Crippen LogP contribution in [0.25, 0.3) is 0 Å². The van der Waals surface area contributed by atoms with E-state index in [9.17, 15) is 0 Å². The van der Waals surface area contributed by atoms with Gasteiger partial charge in [-0.2, -0.15) is 12.6 Å². The number of rotatable bonds is 4. The van der Waals surface area contributed by atoms with Crippen molar-refractivity contribution in [3.63, 3.8) is 0 Å². The predicted molar refractivity (Wildman–Crippen MR) is 41.7 cm³/mol. The molecule has 6 heteroatoms. The number of hydrogen-bond donors (Lipinski definition) is 1. The van der Waals surface area contributed by atoms with Crippen LogP contribution in [0.5, 0.6) is 0 Å². The van der Waals surface area contributed by atoms with E-state index in [1.165, 1.54) is 0 Å². The van der Waals surface area contributed by atoms with E-state index in [4.69, 9.17) is 13.3 Å². The number of thiol groups is 1. The van der Waals surface area contributed by atoms with Crippen molar-refractivity contribution >= 4 is 21.4 Å². The first-order valence-electron chi connectivity index (χ1n) is 2.51. The zero-order chi connectivity index (χ0) is 7.33. The van der Waals surface area contributed by atoms with Crippen LogP contribution < -0.4 is 51.4 Å². The summed E-state index contributed by atoms with van der Waals surface area (Å²) in [6, 6.07) is 0. The fourth-order valence-corrected chi connectivity index (χ4v) is 2.49. The Morgan fingerprint density at radius 3 is 1.50 bits per heavy atom. The monoisotopic (exact) mass is 208 g/mol. The Morgan fingerprint density at radius 1 is 1.20 bits per heavy atom. The molecule has 58 valence electrons. The van der Waals surface area contributed by atoms with Gasteiger partial charge in [0.15, 0.2) is 0 Å². The van der Waals surface area contributed by atoms with E-state index in [0.29, 0.717) is 5.38 Å². The van der Waals surface area contributed by atoms with Crippen molar-refractivity contribution in [2.75, 3.05) is 26.7 Å². The zero-order valence-electron chi connectivity index (χ0n) is 7.88. The molecule has 0 atom stereocenters. The second kappa shape index (κ2) is 7.72. The molecule has 0 aliphatic rings. The van der Waals surface area contributed by atoms with Crippen molar-refractivity contribution in [1.82, 2.24) is 0 Å². The van der Waals surface area contributed by atoms with Crippen molar-refractivity contribution < 1.29 is 66.1 Å². The molecule has 0 heterocycles. The molecule has 10 heavy (non-hydrogen) atoms. The molecule has 0 aliphatic heterocycles. The van der Waals surface area contributed by atoms with Crippen LogP contribution in [0.3, 0.4) is 0 Å². The van der Waals surface area contributed by atoms with E-state index in [2.05, 4.69) is 12.6 Å². The van der Waals surface area contributed by atoms with Gasteiger partial charge < -0.3 is 14.7 Å². The van der Waals surface area contributed by atoms with Crippen LogP contribution in [0, 0.1) is 0 Å². The molecule has 0 rings (SSSR count). The van der Waals surface area contributed by atoms with Gasteiger partial charge in [0, 0.05) is 21.3 Å². The predicted octanol–water partition coefficient (Wildman–Crippen LogP) is -2.55. The second-order valence-electron chi connectivity index (χ2n) is 1.45. The van der Waals surface area contributed by atoms with Crippen LogP contribution in [-0.2, 0) is 13.3 Å². The van der Waals surface area contributed by atoms with Crippen LogP contribution in [0.1, 0.15) is 1.43 Å². The molecule has 0 N–H and O–H groups in total. The van der Waals surface area contributed by atoms with Gasteiger partial charge in [-0.25, -0.2) is 0 Å². The Kier molecular flexibility index (Phi) is 11.3. The van der Waals surface area contributed by atoms with Crippen molar-refractivity contribution in [1.29, 1.82) is 0 Å². The van der Waals surface area contributed by atoms with Crippen molar-refractivity contribution in [3.8, 4) is 0 Å². The average molecular weight is 208 g/mol. The van der Waals surface area contributed by atoms with Gasteiger partial charge in [-0.1, -0.05) is 0 Å². The van der Waals surface area contributed by atoms with Crippen LogP contribution in [-0.4, -0.2) is 35.5 Å². The minimum absolute atomic E-state index is 0. The molecule has 0 saturated carbocycles. The molecular weight excluding hydrogens is 195 g/mol. The Bertz CT molecular complexity index is 68.2. The van der Waals surface area contributed by atoms with Crippen molar-refractivity contribution in [2.45, 2.75) is 0 Å². The summed E-state index contributed by atoms with van der Waals surface area (Å²) in [4.78, 5) is 0. The summed E-state index contributed by atoms with van der Waals surface area (Å²) in [5.41, 5.74) is 0. The molecule has 0 aromatic heterocycles. The first kappa shape index (κ1) is 14.6. The fourth-order valence-electron chi connectivity index (χ4n) is 0.444. The zero-order valence-corrected chi connectivity index (χ0v) is 11.9. The molecule has 0 radical (unpaired) electrons. The normalized spacial score (nSPS) is 10.8. The summed E-state index contributed by atoms with van der Waals surface area (Å²) in [6.45, 7) is 0. The quantitative estimate of drug-likeness (QED) is 0.407. The molecular formula is C4H13KO3SSi. The van der Waals surface area contributed by atoms with Crippen molar-refractivity contribution in [2.24, 2.45) is 0 Å². The van der Waals surface area contributed by atoms with Gasteiger partial charge in [0.1, 0.15) is 0 Å². The molecule has 0 aliphatic carbocycles. The molecule has 0 aromatic carbocycles. The average Bonchev–Trinajstić information content (AvgIpc) is 1.95. The standard InChI is InChI=1S/C4H12O3SSi.K.H/c1-5-9(4-8,6-2)7-3;;/h8H,4H2,1-3H3;;/q;+1;-1. The van der Waals surface area contributed by atoms with Gasteiger partial charge in [0.05, 0.1) is 5.38 Å². The van der Waals surface area contributed by atoms with Crippen LogP contribution in [0.2, 0.25) is 0 Å². The first-order chi connectivity index (χ1) is 4.24. The summed E-state index contributed by atoms with van der Waals surface area (Å²) in [5.74, 6) is 0. The van der Waals surface area contributed by atoms with Gasteiger partial charge >= 0.3 is 60.2 Å². The molecule has 0 spiro atoms. The minimum atomic E-state index is -2.33. The van der Waals surface area contributed by atoms with Crippen LogP contribution in [0.15, 0.2) is 0 Å². The fraction of sp³-hybridized carbons (Fsp3) is 1.00. The molecule has 3 nitrogen and oxygen atoms in total. The molecule has 0 saturated heterocycles. The summed E-state index contributed by atoms with van der Waals surface area (Å²) >= 11 is 4.03. The molecule has 0 aromatic rings. The van der Waals surface area contributed by atoms with Gasteiger partial charge in [-0.05, 0) is 0 Å². The Morgan fingerprint density at radius 2 is 1.50 bits per heavy atom. The third-order valence-corrected chi connectivity index (χ3v) is 4.54. The third kappa shape index (κ3) is 4.19.